The SMILES string of the molecule is COc1ccc(C(OCC(OC(=O)CCC(=O)N[SH](=P)=S)C(=O)N(CCCCN(CCCNC(=O)CCCCCCO[C@@H]2OC(COC(C)=O)[C@H](OC(C)=O)[C@H](C)C2NC(C)=O)C(=O)CCCCCCO[C@@H]2OC(COC(C)=O)[C@H](OC(C)=O)[C@H](C)C2NC(C)=O)CCCNC(=O)CCCCCCO[C@@H]2OC(COC(C)=O)[C@H](OC(C)=O)[C@H](C)C2NC(C)=O)(c2ccccc2)c2ccc(OC)cc2)cc1. The van der Waals surface area contributed by atoms with E-state index < -0.39 is 179 Å². The first-order chi connectivity index (χ1) is 66.8. The molecule has 8 unspecified atom stereocenters. The number of hydrogen-bond acceptors (Lipinski definition) is 32. The van der Waals surface area contributed by atoms with Gasteiger partial charge >= 0.3 is 41.8 Å². The van der Waals surface area contributed by atoms with Crippen molar-refractivity contribution < 1.29 is 148 Å². The van der Waals surface area contributed by atoms with Crippen molar-refractivity contribution in [3.63, 3.8) is 0 Å². The number of thiol groups is 1. The van der Waals surface area contributed by atoms with Gasteiger partial charge in [0.05, 0.1) is 45.4 Å². The Hall–Kier alpha value is -10.1. The van der Waals surface area contributed by atoms with Gasteiger partial charge in [0.1, 0.15) is 73.5 Å². The molecule has 0 bridgehead atoms. The minimum Gasteiger partial charge on any atom is -0.497 e. The number of ether oxygens (including phenoxy) is 16. The summed E-state index contributed by atoms with van der Waals surface area (Å²) < 4.78 is 97.0. The fraction of sp³-hybridized carbons (Fsp3) is 0.663. The first-order valence-corrected chi connectivity index (χ1v) is 51.8. The molecule has 3 fully saturated rings. The van der Waals surface area contributed by atoms with Gasteiger partial charge in [-0.1, -0.05) is 131 Å². The highest BCUT2D eigenvalue weighted by Crippen LogP contribution is 2.43. The summed E-state index contributed by atoms with van der Waals surface area (Å²) in [5, 5.41) is 14.6. The summed E-state index contributed by atoms with van der Waals surface area (Å²) in [6, 6.07) is 21.5. The second-order valence-corrected chi connectivity index (χ2v) is 39.3. The summed E-state index contributed by atoms with van der Waals surface area (Å²) in [6.07, 6.45) is -1.98. The van der Waals surface area contributed by atoms with E-state index in [4.69, 9.17) is 87.0 Å². The maximum atomic E-state index is 15.9. The maximum absolute atomic E-state index is 15.9. The van der Waals surface area contributed by atoms with E-state index in [0.29, 0.717) is 118 Å². The highest BCUT2D eigenvalue weighted by molar-refractivity contribution is 8.38. The number of unbranched alkanes of at least 4 members (excludes halogenated alkanes) is 10. The molecule has 3 saturated heterocycles. The molecule has 782 valence electrons. The molecule has 140 heavy (non-hydrogen) atoms. The zero-order chi connectivity index (χ0) is 103. The lowest BCUT2D eigenvalue weighted by Gasteiger charge is -2.44. The zero-order valence-electron chi connectivity index (χ0n) is 83.2. The standard InChI is InChI=1S/C98H147N8O31PS2/c1-62-88(101-65(4)107)95(135-79(58-127-68(7)110)91(62)131-71(10)113)124-55-29-18-15-24-36-83(116)99-49-32-53-105(86(119)38-26-17-20-31-57-126-97-90(103-67(6)109)64(3)93(133-73(12)115)81(137-97)60-129-70(9)112)51-27-28-52-106(54-33-50-100-84(117)37-25-16-19-30-56-125-96-89(102-66(5)108)63(2)92(132-72(11)114)80(136-96)59-128-69(8)111)94(121)82(134-87(120)48-47-85(118)104-140(138)139)61-130-98(74-34-22-21-23-35-74,75-39-43-77(122-13)44-40-75)76-41-45-78(123-14)46-42-76/h21-23,34-35,39-46,62-64,79-82,88-93,95-97,138,140H,15-20,24-33,36-38,47-61H2,1-14H3,(H,99,116)(H,100,117)(H,101,107)(H,102,108)(H,103,109)(H,104,118,139)/t62-,63-,64-,79?,80?,81?,82?,88?,89?,90?,91-,92-,93-,95-,96-,97-/m1/s1. The molecular formula is C98H147N8O31PS2. The van der Waals surface area contributed by atoms with Crippen LogP contribution in [0.2, 0.25) is 0 Å². The lowest BCUT2D eigenvalue weighted by atomic mass is 9.80. The van der Waals surface area contributed by atoms with E-state index in [1.165, 1.54) is 81.4 Å². The normalized spacial score (nSPS) is 21.4. The first kappa shape index (κ1) is 119. The van der Waals surface area contributed by atoms with E-state index in [9.17, 15) is 67.1 Å². The third kappa shape index (κ3) is 42.2. The number of methoxy groups -OCH3 is 2. The van der Waals surface area contributed by atoms with Crippen LogP contribution in [0.3, 0.4) is 0 Å². The Morgan fingerprint density at radius 1 is 0.414 bits per heavy atom. The van der Waals surface area contributed by atoms with Crippen LogP contribution in [0.1, 0.15) is 235 Å². The van der Waals surface area contributed by atoms with Gasteiger partial charge in [-0.3, -0.25) is 71.9 Å². The van der Waals surface area contributed by atoms with Crippen molar-refractivity contribution in [2.24, 2.45) is 17.8 Å². The van der Waals surface area contributed by atoms with Crippen LogP contribution in [0.4, 0.5) is 0 Å². The second-order valence-electron chi connectivity index (χ2n) is 35.1. The molecule has 0 aliphatic carbocycles. The summed E-state index contributed by atoms with van der Waals surface area (Å²) in [6.45, 7) is 17.0. The van der Waals surface area contributed by atoms with Crippen molar-refractivity contribution in [3.05, 3.63) is 95.6 Å². The molecule has 3 aliphatic rings. The van der Waals surface area contributed by atoms with Crippen LogP contribution in [-0.2, 0) is 164 Å². The van der Waals surface area contributed by atoms with Gasteiger partial charge in [-0.2, -0.15) is 0 Å². The molecule has 3 heterocycles. The van der Waals surface area contributed by atoms with Crippen molar-refractivity contribution in [1.82, 2.24) is 41.1 Å². The van der Waals surface area contributed by atoms with Crippen molar-refractivity contribution in [2.45, 2.75) is 303 Å². The number of benzene rings is 3. The van der Waals surface area contributed by atoms with Gasteiger partial charge in [0.15, 0.2) is 18.9 Å². The van der Waals surface area contributed by atoms with Crippen LogP contribution in [0.15, 0.2) is 78.9 Å². The van der Waals surface area contributed by atoms with Gasteiger partial charge in [0, 0.05) is 165 Å². The fourth-order valence-corrected chi connectivity index (χ4v) is 17.9. The van der Waals surface area contributed by atoms with Crippen molar-refractivity contribution in [3.8, 4) is 11.5 Å². The third-order valence-electron chi connectivity index (χ3n) is 23.8. The molecule has 0 radical (unpaired) electrons. The quantitative estimate of drug-likeness (QED) is 0.00701. The minimum atomic E-state index is -1.67. The van der Waals surface area contributed by atoms with E-state index in [1.54, 1.807) is 49.9 Å². The van der Waals surface area contributed by atoms with Crippen LogP contribution < -0.4 is 40.8 Å². The fourth-order valence-electron chi connectivity index (χ4n) is 16.9. The molecule has 42 heteroatoms. The van der Waals surface area contributed by atoms with Gasteiger partial charge in [-0.05, 0) is 116 Å². The van der Waals surface area contributed by atoms with Gasteiger partial charge in [-0.25, -0.2) is 0 Å². The lowest BCUT2D eigenvalue weighted by Crippen LogP contribution is -2.62. The molecule has 0 spiro atoms. The van der Waals surface area contributed by atoms with Crippen LogP contribution in [0.25, 0.3) is 0 Å². The molecule has 8 amide bonds. The van der Waals surface area contributed by atoms with Crippen molar-refractivity contribution in [1.29, 1.82) is 0 Å². The Bertz CT molecular complexity index is 4460. The Labute approximate surface area is 829 Å². The minimum absolute atomic E-state index is 0.0164. The first-order valence-electron chi connectivity index (χ1n) is 48.1. The lowest BCUT2D eigenvalue weighted by molar-refractivity contribution is -0.262. The number of rotatable bonds is 63. The van der Waals surface area contributed by atoms with Gasteiger partial charge in [0.25, 0.3) is 5.91 Å². The molecule has 6 rings (SSSR count). The third-order valence-corrected chi connectivity index (χ3v) is 24.9. The summed E-state index contributed by atoms with van der Waals surface area (Å²) in [5.74, 6) is -7.69. The number of nitrogens with zero attached hydrogens (tertiary/aromatic N) is 2. The predicted molar refractivity (Wildman–Crippen MR) is 518 cm³/mol. The number of carbonyl (C=O) groups is 15. The van der Waals surface area contributed by atoms with Crippen LogP contribution in [0, 0.1) is 17.8 Å². The molecule has 0 aromatic heterocycles. The monoisotopic (exact) mass is 2030 g/mol. The van der Waals surface area contributed by atoms with E-state index in [1.807, 2.05) is 54.6 Å². The second kappa shape index (κ2) is 63.7. The highest BCUT2D eigenvalue weighted by atomic mass is 32.9. The van der Waals surface area contributed by atoms with Gasteiger partial charge < -0.3 is 117 Å². The summed E-state index contributed by atoms with van der Waals surface area (Å²) >= 11 is 5.19. The topological polar surface area (TPSA) is 482 Å². The zero-order valence-corrected chi connectivity index (χ0v) is 85.9. The summed E-state index contributed by atoms with van der Waals surface area (Å²) in [4.78, 5) is 198. The molecule has 0 saturated carbocycles. The molecule has 39 nitrogen and oxygen atoms in total. The van der Waals surface area contributed by atoms with Gasteiger partial charge in [0.2, 0.25) is 47.5 Å². The molecule has 3 aliphatic heterocycles. The summed E-state index contributed by atoms with van der Waals surface area (Å²) in [5.41, 5.74) is 0.314. The van der Waals surface area contributed by atoms with Crippen LogP contribution in [-0.4, -0.2) is 278 Å². The molecular weight excluding hydrogens is 1880 g/mol. The van der Waals surface area contributed by atoms with E-state index in [0.717, 1.165) is 0 Å². The number of hydrogen-bond donors (Lipinski definition) is 7. The Balaban J connectivity index is 1.21. The molecule has 17 atom stereocenters. The van der Waals surface area contributed by atoms with E-state index in [-0.39, 0.29) is 153 Å². The van der Waals surface area contributed by atoms with Crippen LogP contribution in [0.5, 0.6) is 11.5 Å². The van der Waals surface area contributed by atoms with Crippen molar-refractivity contribution >= 4 is 117 Å². The van der Waals surface area contributed by atoms with Gasteiger partial charge in [-0.15, -0.1) is 0 Å². The molecule has 3 aromatic rings. The number of nitrogens with one attached hydrogen (secondary N) is 6. The Morgan fingerprint density at radius 3 is 1.12 bits per heavy atom. The number of esters is 7. The van der Waals surface area contributed by atoms with E-state index in [2.05, 4.69) is 39.3 Å². The molecule has 6 N–H and O–H groups in total. The molecule has 3 aromatic carbocycles. The van der Waals surface area contributed by atoms with Crippen molar-refractivity contribution in [2.75, 3.05) is 99.7 Å². The largest absolute Gasteiger partial charge is 0.497 e. The van der Waals surface area contributed by atoms with E-state index >= 15 is 4.79 Å². The highest BCUT2D eigenvalue weighted by Gasteiger charge is 2.51. The average Bonchev–Trinajstić information content (AvgIpc) is 0.749. The maximum Gasteiger partial charge on any atom is 0.307 e. The Kier molecular flexibility index (Phi) is 54.0. The summed E-state index contributed by atoms with van der Waals surface area (Å²) in [7, 11) is 4.84. The number of carbonyl (C=O) groups excluding carboxylic acids is 15. The predicted octanol–water partition coefficient (Wildman–Crippen LogP) is 8.04. The van der Waals surface area contributed by atoms with Crippen LogP contribution >= 0.6 is 8.02 Å². The smallest absolute Gasteiger partial charge is 0.307 e. The Morgan fingerprint density at radius 2 is 0.764 bits per heavy atom. The number of amides is 8. The average molecular weight is 2030 g/mol.